The molecule has 5 rings (SSSR count). The van der Waals surface area contributed by atoms with Crippen molar-refractivity contribution in [3.63, 3.8) is 0 Å². The lowest BCUT2D eigenvalue weighted by Gasteiger charge is -2.36. The van der Waals surface area contributed by atoms with Gasteiger partial charge in [0.05, 0.1) is 10.2 Å². The lowest BCUT2D eigenvalue weighted by atomic mass is 9.76. The first-order chi connectivity index (χ1) is 12.7. The number of aryl methyl sites for hydroxylation is 2. The molecule has 0 amide bonds. The van der Waals surface area contributed by atoms with Gasteiger partial charge in [0.25, 0.3) is 0 Å². The standard InChI is InChI=1S/C20H19N5S/c1-11-7-12(2)24-20-16(11)17-18(26-20)19(23-10-22-17)25-15-8-14(9-15)13-3-5-21-6-4-13/h3-7,10,14-15H,8-9H2,1-2H3,(H,22,23,25). The first kappa shape index (κ1) is 15.6. The van der Waals surface area contributed by atoms with Gasteiger partial charge in [0, 0.05) is 29.5 Å². The van der Waals surface area contributed by atoms with Crippen molar-refractivity contribution in [3.8, 4) is 0 Å². The minimum absolute atomic E-state index is 0.451. The van der Waals surface area contributed by atoms with E-state index in [9.17, 15) is 0 Å². The molecule has 4 heterocycles. The zero-order chi connectivity index (χ0) is 17.7. The number of pyridine rings is 2. The van der Waals surface area contributed by atoms with Gasteiger partial charge in [-0.2, -0.15) is 0 Å². The van der Waals surface area contributed by atoms with Crippen LogP contribution in [0.15, 0.2) is 36.9 Å². The van der Waals surface area contributed by atoms with Gasteiger partial charge in [0.15, 0.2) is 0 Å². The maximum absolute atomic E-state index is 4.70. The fraction of sp³-hybridized carbons (Fsp3) is 0.300. The Hall–Kier alpha value is -2.60. The molecule has 6 heteroatoms. The van der Waals surface area contributed by atoms with Crippen molar-refractivity contribution in [2.45, 2.75) is 38.6 Å². The Bertz CT molecular complexity index is 1100. The highest BCUT2D eigenvalue weighted by Gasteiger charge is 2.31. The molecule has 0 saturated heterocycles. The quantitative estimate of drug-likeness (QED) is 0.577. The summed E-state index contributed by atoms with van der Waals surface area (Å²) in [4.78, 5) is 18.9. The van der Waals surface area contributed by atoms with E-state index >= 15 is 0 Å². The number of anilines is 1. The van der Waals surface area contributed by atoms with Crippen LogP contribution in [-0.4, -0.2) is 26.0 Å². The maximum atomic E-state index is 4.70. The van der Waals surface area contributed by atoms with Crippen molar-refractivity contribution >= 4 is 37.6 Å². The van der Waals surface area contributed by atoms with Crippen molar-refractivity contribution in [1.29, 1.82) is 0 Å². The van der Waals surface area contributed by atoms with Crippen LogP contribution in [0.4, 0.5) is 5.82 Å². The summed E-state index contributed by atoms with van der Waals surface area (Å²) in [5.41, 5.74) is 4.66. The average molecular weight is 361 g/mol. The molecule has 5 nitrogen and oxygen atoms in total. The molecule has 0 radical (unpaired) electrons. The van der Waals surface area contributed by atoms with E-state index in [1.165, 1.54) is 11.1 Å². The highest BCUT2D eigenvalue weighted by molar-refractivity contribution is 7.26. The number of thiophene rings is 1. The van der Waals surface area contributed by atoms with Crippen LogP contribution in [0, 0.1) is 13.8 Å². The number of aromatic nitrogens is 4. The molecule has 1 fully saturated rings. The lowest BCUT2D eigenvalue weighted by Crippen LogP contribution is -2.34. The van der Waals surface area contributed by atoms with Gasteiger partial charge in [-0.05, 0) is 61.9 Å². The summed E-state index contributed by atoms with van der Waals surface area (Å²) >= 11 is 1.68. The summed E-state index contributed by atoms with van der Waals surface area (Å²) in [6.45, 7) is 4.17. The first-order valence-electron chi connectivity index (χ1n) is 8.87. The Morgan fingerprint density at radius 3 is 2.73 bits per heavy atom. The number of fused-ring (bicyclic) bond motifs is 3. The average Bonchev–Trinajstić information content (AvgIpc) is 2.97. The molecular formula is C20H19N5S. The molecule has 0 aliphatic heterocycles. The summed E-state index contributed by atoms with van der Waals surface area (Å²) < 4.78 is 1.11. The summed E-state index contributed by atoms with van der Waals surface area (Å²) in [6, 6.07) is 6.81. The number of hydrogen-bond donors (Lipinski definition) is 1. The zero-order valence-corrected chi connectivity index (χ0v) is 15.5. The van der Waals surface area contributed by atoms with Crippen molar-refractivity contribution in [3.05, 3.63) is 53.7 Å². The zero-order valence-electron chi connectivity index (χ0n) is 14.7. The predicted molar refractivity (Wildman–Crippen MR) is 106 cm³/mol. The molecule has 130 valence electrons. The Labute approximate surface area is 155 Å². The Morgan fingerprint density at radius 2 is 1.92 bits per heavy atom. The third-order valence-electron chi connectivity index (χ3n) is 5.21. The monoisotopic (exact) mass is 361 g/mol. The van der Waals surface area contributed by atoms with Crippen molar-refractivity contribution in [2.24, 2.45) is 0 Å². The number of nitrogens with one attached hydrogen (secondary N) is 1. The fourth-order valence-corrected chi connectivity index (χ4v) is 5.05. The second-order valence-electron chi connectivity index (χ2n) is 7.05. The molecular weight excluding hydrogens is 342 g/mol. The largest absolute Gasteiger partial charge is 0.366 e. The Kier molecular flexibility index (Phi) is 3.60. The molecule has 1 N–H and O–H groups in total. The van der Waals surface area contributed by atoms with E-state index in [2.05, 4.69) is 45.4 Å². The third-order valence-corrected chi connectivity index (χ3v) is 6.29. The minimum atomic E-state index is 0.451. The van der Waals surface area contributed by atoms with E-state index in [-0.39, 0.29) is 0 Å². The van der Waals surface area contributed by atoms with Gasteiger partial charge in [-0.3, -0.25) is 4.98 Å². The second kappa shape index (κ2) is 5.99. The summed E-state index contributed by atoms with van der Waals surface area (Å²) in [7, 11) is 0. The van der Waals surface area contributed by atoms with Gasteiger partial charge in [-0.15, -0.1) is 11.3 Å². The van der Waals surface area contributed by atoms with Gasteiger partial charge in [0.1, 0.15) is 17.0 Å². The highest BCUT2D eigenvalue weighted by Crippen LogP contribution is 2.41. The van der Waals surface area contributed by atoms with Crippen LogP contribution in [0.5, 0.6) is 0 Å². The molecule has 4 aromatic rings. The SMILES string of the molecule is Cc1cc(C)c2c(n1)sc1c(NC3CC(c4ccncc4)C3)ncnc12. The maximum Gasteiger partial charge on any atom is 0.147 e. The predicted octanol–water partition coefficient (Wildman–Crippen LogP) is 4.61. The van der Waals surface area contributed by atoms with Crippen LogP contribution >= 0.6 is 11.3 Å². The van der Waals surface area contributed by atoms with E-state index in [1.807, 2.05) is 19.3 Å². The van der Waals surface area contributed by atoms with Crippen LogP contribution in [-0.2, 0) is 0 Å². The molecule has 4 aromatic heterocycles. The normalized spacial score (nSPS) is 19.6. The summed E-state index contributed by atoms with van der Waals surface area (Å²) in [5.74, 6) is 1.55. The van der Waals surface area contributed by atoms with Crippen LogP contribution < -0.4 is 5.32 Å². The summed E-state index contributed by atoms with van der Waals surface area (Å²) in [6.07, 6.45) is 7.65. The van der Waals surface area contributed by atoms with Gasteiger partial charge in [0.2, 0.25) is 0 Å². The Balaban J connectivity index is 1.44. The van der Waals surface area contributed by atoms with Crippen molar-refractivity contribution in [1.82, 2.24) is 19.9 Å². The van der Waals surface area contributed by atoms with Crippen LogP contribution in [0.2, 0.25) is 0 Å². The number of hydrogen-bond acceptors (Lipinski definition) is 6. The molecule has 0 bridgehead atoms. The van der Waals surface area contributed by atoms with E-state index in [1.54, 1.807) is 17.7 Å². The van der Waals surface area contributed by atoms with Gasteiger partial charge in [-0.25, -0.2) is 15.0 Å². The molecule has 0 aromatic carbocycles. The fourth-order valence-electron chi connectivity index (χ4n) is 3.85. The molecule has 0 unspecified atom stereocenters. The minimum Gasteiger partial charge on any atom is -0.366 e. The van der Waals surface area contributed by atoms with E-state index < -0.39 is 0 Å². The highest BCUT2D eigenvalue weighted by atomic mass is 32.1. The van der Waals surface area contributed by atoms with E-state index in [0.717, 1.165) is 44.8 Å². The second-order valence-corrected chi connectivity index (χ2v) is 8.05. The number of rotatable bonds is 3. The Morgan fingerprint density at radius 1 is 1.12 bits per heavy atom. The third kappa shape index (κ3) is 2.52. The molecule has 26 heavy (non-hydrogen) atoms. The van der Waals surface area contributed by atoms with Crippen LogP contribution in [0.25, 0.3) is 20.4 Å². The molecule has 1 aliphatic carbocycles. The summed E-state index contributed by atoms with van der Waals surface area (Å²) in [5, 5.41) is 4.79. The van der Waals surface area contributed by atoms with Gasteiger partial charge in [-0.1, -0.05) is 0 Å². The molecule has 1 aliphatic rings. The first-order valence-corrected chi connectivity index (χ1v) is 9.68. The van der Waals surface area contributed by atoms with Crippen LogP contribution in [0.3, 0.4) is 0 Å². The van der Waals surface area contributed by atoms with Gasteiger partial charge < -0.3 is 5.32 Å². The lowest BCUT2D eigenvalue weighted by molar-refractivity contribution is 0.373. The molecule has 0 spiro atoms. The molecule has 0 atom stereocenters. The van der Waals surface area contributed by atoms with E-state index in [4.69, 9.17) is 4.98 Å². The van der Waals surface area contributed by atoms with E-state index in [0.29, 0.717) is 12.0 Å². The van der Waals surface area contributed by atoms with Crippen molar-refractivity contribution < 1.29 is 0 Å². The number of nitrogens with zero attached hydrogens (tertiary/aromatic N) is 4. The van der Waals surface area contributed by atoms with Crippen molar-refractivity contribution in [2.75, 3.05) is 5.32 Å². The van der Waals surface area contributed by atoms with Gasteiger partial charge >= 0.3 is 0 Å². The molecule has 1 saturated carbocycles. The smallest absolute Gasteiger partial charge is 0.147 e. The van der Waals surface area contributed by atoms with Crippen LogP contribution in [0.1, 0.15) is 35.6 Å². The topological polar surface area (TPSA) is 63.6 Å².